The highest BCUT2D eigenvalue weighted by molar-refractivity contribution is 6.28. The van der Waals surface area contributed by atoms with Crippen molar-refractivity contribution >= 4 is 11.6 Å². The Bertz CT molecular complexity index is 769. The number of aromatic nitrogens is 3. The van der Waals surface area contributed by atoms with Crippen molar-refractivity contribution in [3.8, 4) is 22.8 Å². The Morgan fingerprint density at radius 2 is 1.22 bits per heavy atom. The van der Waals surface area contributed by atoms with E-state index < -0.39 is 0 Å². The molecule has 0 saturated carbocycles. The Balaban J connectivity index is 2.08. The van der Waals surface area contributed by atoms with Crippen molar-refractivity contribution in [1.82, 2.24) is 15.0 Å². The molecule has 0 fully saturated rings. The van der Waals surface area contributed by atoms with Gasteiger partial charge in [-0.3, -0.25) is 0 Å². The summed E-state index contributed by atoms with van der Waals surface area (Å²) in [6, 6.07) is 15.5. The van der Waals surface area contributed by atoms with E-state index in [-0.39, 0.29) is 5.28 Å². The monoisotopic (exact) mass is 325 g/mol. The molecule has 0 atom stereocenters. The van der Waals surface area contributed by atoms with Crippen LogP contribution in [0.15, 0.2) is 48.5 Å². The van der Waals surface area contributed by atoms with E-state index in [9.17, 15) is 0 Å². The molecule has 0 radical (unpaired) electrons. The van der Waals surface area contributed by atoms with Gasteiger partial charge in [0.15, 0.2) is 11.6 Å². The van der Waals surface area contributed by atoms with Crippen molar-refractivity contribution < 1.29 is 0 Å². The Morgan fingerprint density at radius 3 is 1.65 bits per heavy atom. The fraction of sp³-hybridized carbons (Fsp3) is 0.118. The summed E-state index contributed by atoms with van der Waals surface area (Å²) in [4.78, 5) is 13.0. The number of hydrogen-bond donors (Lipinski definition) is 2. The van der Waals surface area contributed by atoms with Crippen molar-refractivity contribution in [3.05, 3.63) is 64.9 Å². The summed E-state index contributed by atoms with van der Waals surface area (Å²) < 4.78 is 0. The first-order valence-corrected chi connectivity index (χ1v) is 7.57. The molecular formula is C17H16ClN5. The summed E-state index contributed by atoms with van der Waals surface area (Å²) in [7, 11) is 0. The third-order valence-corrected chi connectivity index (χ3v) is 3.62. The maximum Gasteiger partial charge on any atom is 0.226 e. The molecule has 4 N–H and O–H groups in total. The van der Waals surface area contributed by atoms with Crippen LogP contribution in [-0.4, -0.2) is 15.0 Å². The molecule has 0 aliphatic rings. The zero-order valence-corrected chi connectivity index (χ0v) is 13.2. The van der Waals surface area contributed by atoms with E-state index in [1.54, 1.807) is 0 Å². The van der Waals surface area contributed by atoms with Gasteiger partial charge in [-0.1, -0.05) is 36.4 Å². The fourth-order valence-corrected chi connectivity index (χ4v) is 2.44. The standard InChI is InChI=1S/C17H16ClN5/c18-17-22-15(13-5-1-3-11(7-13)9-19)21-16(23-17)14-6-2-4-12(8-14)10-20/h1-8H,9-10,19-20H2. The molecule has 6 heteroatoms. The van der Waals surface area contributed by atoms with E-state index in [1.165, 1.54) is 0 Å². The van der Waals surface area contributed by atoms with E-state index in [0.717, 1.165) is 22.3 Å². The molecule has 5 nitrogen and oxygen atoms in total. The van der Waals surface area contributed by atoms with E-state index in [0.29, 0.717) is 24.7 Å². The minimum Gasteiger partial charge on any atom is -0.326 e. The fourth-order valence-electron chi connectivity index (χ4n) is 2.28. The van der Waals surface area contributed by atoms with Crippen LogP contribution in [0.1, 0.15) is 11.1 Å². The van der Waals surface area contributed by atoms with Crippen molar-refractivity contribution in [1.29, 1.82) is 0 Å². The molecule has 0 bridgehead atoms. The number of benzene rings is 2. The van der Waals surface area contributed by atoms with Crippen LogP contribution in [0.3, 0.4) is 0 Å². The second-order valence-electron chi connectivity index (χ2n) is 5.06. The van der Waals surface area contributed by atoms with Crippen molar-refractivity contribution in [3.63, 3.8) is 0 Å². The van der Waals surface area contributed by atoms with E-state index in [1.807, 2.05) is 48.5 Å². The van der Waals surface area contributed by atoms with Gasteiger partial charge in [-0.2, -0.15) is 9.97 Å². The molecule has 23 heavy (non-hydrogen) atoms. The molecule has 0 saturated heterocycles. The quantitative estimate of drug-likeness (QED) is 0.769. The molecule has 116 valence electrons. The van der Waals surface area contributed by atoms with Gasteiger partial charge >= 0.3 is 0 Å². The van der Waals surface area contributed by atoms with Crippen LogP contribution in [0, 0.1) is 0 Å². The van der Waals surface area contributed by atoms with Crippen LogP contribution in [0.4, 0.5) is 0 Å². The van der Waals surface area contributed by atoms with Gasteiger partial charge in [0, 0.05) is 24.2 Å². The highest BCUT2D eigenvalue weighted by atomic mass is 35.5. The molecule has 1 aromatic heterocycles. The molecule has 0 spiro atoms. The van der Waals surface area contributed by atoms with Gasteiger partial charge in [0.2, 0.25) is 5.28 Å². The lowest BCUT2D eigenvalue weighted by atomic mass is 10.1. The minimum atomic E-state index is 0.154. The number of nitrogens with two attached hydrogens (primary N) is 2. The number of rotatable bonds is 4. The summed E-state index contributed by atoms with van der Waals surface area (Å²) in [6.45, 7) is 0.913. The Morgan fingerprint density at radius 1 is 0.739 bits per heavy atom. The lowest BCUT2D eigenvalue weighted by molar-refractivity contribution is 1.04. The second-order valence-corrected chi connectivity index (χ2v) is 5.40. The smallest absolute Gasteiger partial charge is 0.226 e. The van der Waals surface area contributed by atoms with Crippen molar-refractivity contribution in [2.75, 3.05) is 0 Å². The largest absolute Gasteiger partial charge is 0.326 e. The highest BCUT2D eigenvalue weighted by Gasteiger charge is 2.10. The van der Waals surface area contributed by atoms with E-state index in [4.69, 9.17) is 23.1 Å². The van der Waals surface area contributed by atoms with Gasteiger partial charge < -0.3 is 11.5 Å². The molecule has 1 heterocycles. The first-order chi connectivity index (χ1) is 11.2. The molecular weight excluding hydrogens is 310 g/mol. The highest BCUT2D eigenvalue weighted by Crippen LogP contribution is 2.23. The van der Waals surface area contributed by atoms with E-state index in [2.05, 4.69) is 15.0 Å². The Kier molecular flexibility index (Phi) is 4.62. The summed E-state index contributed by atoms with van der Waals surface area (Å²) in [6.07, 6.45) is 0. The third-order valence-electron chi connectivity index (χ3n) is 3.45. The van der Waals surface area contributed by atoms with Crippen LogP contribution < -0.4 is 11.5 Å². The lowest BCUT2D eigenvalue weighted by Gasteiger charge is -2.07. The van der Waals surface area contributed by atoms with Crippen LogP contribution >= 0.6 is 11.6 Å². The molecule has 0 aliphatic carbocycles. The minimum absolute atomic E-state index is 0.154. The normalized spacial score (nSPS) is 10.7. The van der Waals surface area contributed by atoms with Gasteiger partial charge in [0.1, 0.15) is 0 Å². The van der Waals surface area contributed by atoms with E-state index >= 15 is 0 Å². The number of halogens is 1. The summed E-state index contributed by atoms with van der Waals surface area (Å²) in [5, 5.41) is 0.154. The van der Waals surface area contributed by atoms with Crippen LogP contribution in [-0.2, 0) is 13.1 Å². The average molecular weight is 326 g/mol. The van der Waals surface area contributed by atoms with Gasteiger partial charge in [-0.05, 0) is 34.9 Å². The Hall–Kier alpha value is -2.34. The number of hydrogen-bond acceptors (Lipinski definition) is 5. The van der Waals surface area contributed by atoms with Gasteiger partial charge in [0.25, 0.3) is 0 Å². The maximum atomic E-state index is 6.09. The van der Waals surface area contributed by atoms with Crippen molar-refractivity contribution in [2.45, 2.75) is 13.1 Å². The topological polar surface area (TPSA) is 90.7 Å². The summed E-state index contributed by atoms with van der Waals surface area (Å²) >= 11 is 6.09. The van der Waals surface area contributed by atoms with Crippen LogP contribution in [0.25, 0.3) is 22.8 Å². The number of nitrogens with zero attached hydrogens (tertiary/aromatic N) is 3. The molecule has 0 aliphatic heterocycles. The first-order valence-electron chi connectivity index (χ1n) is 7.20. The maximum absolute atomic E-state index is 6.09. The molecule has 3 rings (SSSR count). The molecule has 0 unspecified atom stereocenters. The first kappa shape index (κ1) is 15.6. The molecule has 2 aromatic carbocycles. The second kappa shape index (κ2) is 6.83. The lowest BCUT2D eigenvalue weighted by Crippen LogP contribution is -2.00. The Labute approximate surface area is 139 Å². The predicted molar refractivity (Wildman–Crippen MR) is 91.5 cm³/mol. The molecule has 3 aromatic rings. The summed E-state index contributed by atoms with van der Waals surface area (Å²) in [5.41, 5.74) is 15.1. The predicted octanol–water partition coefficient (Wildman–Crippen LogP) is 2.78. The van der Waals surface area contributed by atoms with Crippen molar-refractivity contribution in [2.24, 2.45) is 11.5 Å². The van der Waals surface area contributed by atoms with Crippen LogP contribution in [0.5, 0.6) is 0 Å². The van der Waals surface area contributed by atoms with Gasteiger partial charge in [0.05, 0.1) is 0 Å². The molecule has 0 amide bonds. The average Bonchev–Trinajstić information content (AvgIpc) is 2.61. The van der Waals surface area contributed by atoms with Gasteiger partial charge in [-0.15, -0.1) is 0 Å². The SMILES string of the molecule is NCc1cccc(-c2nc(Cl)nc(-c3cccc(CN)c3)n2)c1. The third kappa shape index (κ3) is 3.53. The zero-order valence-electron chi connectivity index (χ0n) is 12.4. The zero-order chi connectivity index (χ0) is 16.2. The van der Waals surface area contributed by atoms with Crippen LogP contribution in [0.2, 0.25) is 5.28 Å². The van der Waals surface area contributed by atoms with Gasteiger partial charge in [-0.25, -0.2) is 4.98 Å². The summed E-state index contributed by atoms with van der Waals surface area (Å²) in [5.74, 6) is 1.04.